The molecular weight excluding hydrogens is 246 g/mol. The normalized spacial score (nSPS) is 17.2. The van der Waals surface area contributed by atoms with Crippen LogP contribution in [0.25, 0.3) is 0 Å². The highest BCUT2D eigenvalue weighted by atomic mass is 16.5. The first-order valence-corrected chi connectivity index (χ1v) is 6.17. The number of benzene rings is 1. The number of amidine groups is 1. The first-order valence-electron chi connectivity index (χ1n) is 6.17. The minimum absolute atomic E-state index is 0.0116. The van der Waals surface area contributed by atoms with Gasteiger partial charge < -0.3 is 21.0 Å². The van der Waals surface area contributed by atoms with Gasteiger partial charge in [0.15, 0.2) is 5.84 Å². The van der Waals surface area contributed by atoms with E-state index in [0.717, 1.165) is 12.8 Å². The molecular formula is C13H17N3O3. The Morgan fingerprint density at radius 2 is 1.95 bits per heavy atom. The summed E-state index contributed by atoms with van der Waals surface area (Å²) in [5.74, 6) is 0.0691. The van der Waals surface area contributed by atoms with Crippen LogP contribution in [0.3, 0.4) is 0 Å². The van der Waals surface area contributed by atoms with E-state index < -0.39 is 0 Å². The number of anilines is 1. The van der Waals surface area contributed by atoms with Crippen molar-refractivity contribution in [1.29, 1.82) is 0 Å². The van der Waals surface area contributed by atoms with Gasteiger partial charge in [-0.1, -0.05) is 5.16 Å². The van der Waals surface area contributed by atoms with E-state index in [1.54, 1.807) is 24.3 Å². The Morgan fingerprint density at radius 3 is 2.53 bits per heavy atom. The van der Waals surface area contributed by atoms with Crippen molar-refractivity contribution >= 4 is 17.4 Å². The highest BCUT2D eigenvalue weighted by molar-refractivity contribution is 5.98. The van der Waals surface area contributed by atoms with E-state index in [1.807, 2.05) is 0 Å². The molecule has 0 bridgehead atoms. The van der Waals surface area contributed by atoms with Crippen LogP contribution >= 0.6 is 0 Å². The molecule has 19 heavy (non-hydrogen) atoms. The van der Waals surface area contributed by atoms with Crippen LogP contribution in [-0.4, -0.2) is 30.2 Å². The Hall–Kier alpha value is -2.08. The second-order valence-corrected chi connectivity index (χ2v) is 4.44. The maximum absolute atomic E-state index is 12.0. The topological polar surface area (TPSA) is 96.9 Å². The maximum Gasteiger partial charge on any atom is 0.227 e. The predicted octanol–water partition coefficient (Wildman–Crippen LogP) is 1.15. The van der Waals surface area contributed by atoms with Gasteiger partial charge in [0.25, 0.3) is 0 Å². The second-order valence-electron chi connectivity index (χ2n) is 4.44. The zero-order chi connectivity index (χ0) is 13.7. The fourth-order valence-electron chi connectivity index (χ4n) is 1.99. The van der Waals surface area contributed by atoms with E-state index >= 15 is 0 Å². The Bertz CT molecular complexity index is 465. The van der Waals surface area contributed by atoms with Crippen molar-refractivity contribution in [2.45, 2.75) is 12.8 Å². The largest absolute Gasteiger partial charge is 0.409 e. The monoisotopic (exact) mass is 263 g/mol. The summed E-state index contributed by atoms with van der Waals surface area (Å²) < 4.78 is 5.22. The molecule has 1 heterocycles. The zero-order valence-electron chi connectivity index (χ0n) is 10.5. The van der Waals surface area contributed by atoms with Crippen molar-refractivity contribution < 1.29 is 14.7 Å². The highest BCUT2D eigenvalue weighted by Gasteiger charge is 2.21. The van der Waals surface area contributed by atoms with E-state index in [9.17, 15) is 4.79 Å². The number of ether oxygens (including phenoxy) is 1. The van der Waals surface area contributed by atoms with Gasteiger partial charge in [-0.25, -0.2) is 0 Å². The Morgan fingerprint density at radius 1 is 1.32 bits per heavy atom. The third-order valence-corrected chi connectivity index (χ3v) is 3.15. The number of nitrogens with one attached hydrogen (secondary N) is 1. The van der Waals surface area contributed by atoms with Gasteiger partial charge >= 0.3 is 0 Å². The minimum atomic E-state index is 0.0116. The molecule has 6 nitrogen and oxygen atoms in total. The van der Waals surface area contributed by atoms with Gasteiger partial charge in [0.05, 0.1) is 0 Å². The number of nitrogens with two attached hydrogens (primary N) is 1. The fraction of sp³-hybridized carbons (Fsp3) is 0.385. The van der Waals surface area contributed by atoms with Crippen LogP contribution in [0.5, 0.6) is 0 Å². The van der Waals surface area contributed by atoms with E-state index in [4.69, 9.17) is 15.7 Å². The second kappa shape index (κ2) is 6.19. The number of carbonyl (C=O) groups excluding carboxylic acids is 1. The molecule has 4 N–H and O–H groups in total. The lowest BCUT2D eigenvalue weighted by Gasteiger charge is -2.21. The standard InChI is InChI=1S/C13H17N3O3/c14-12(16-18)9-1-3-11(4-2-9)15-13(17)10-5-7-19-8-6-10/h1-4,10,18H,5-8H2,(H2,14,16)(H,15,17). The van der Waals surface area contributed by atoms with Crippen molar-refractivity contribution in [3.05, 3.63) is 29.8 Å². The molecule has 1 amide bonds. The van der Waals surface area contributed by atoms with Crippen molar-refractivity contribution in [3.8, 4) is 0 Å². The van der Waals surface area contributed by atoms with Gasteiger partial charge in [-0.3, -0.25) is 4.79 Å². The van der Waals surface area contributed by atoms with E-state index in [-0.39, 0.29) is 17.7 Å². The molecule has 1 aromatic carbocycles. The summed E-state index contributed by atoms with van der Waals surface area (Å²) in [5.41, 5.74) is 6.76. The molecule has 6 heteroatoms. The first-order chi connectivity index (χ1) is 9.20. The van der Waals surface area contributed by atoms with Crippen LogP contribution < -0.4 is 11.1 Å². The van der Waals surface area contributed by atoms with Gasteiger partial charge in [-0.05, 0) is 37.1 Å². The van der Waals surface area contributed by atoms with E-state index in [0.29, 0.717) is 24.5 Å². The predicted molar refractivity (Wildman–Crippen MR) is 71.1 cm³/mol. The summed E-state index contributed by atoms with van der Waals surface area (Å²) in [7, 11) is 0. The summed E-state index contributed by atoms with van der Waals surface area (Å²) in [6.45, 7) is 1.28. The van der Waals surface area contributed by atoms with E-state index in [1.165, 1.54) is 0 Å². The summed E-state index contributed by atoms with van der Waals surface area (Å²) in [4.78, 5) is 12.0. The third-order valence-electron chi connectivity index (χ3n) is 3.15. The number of rotatable bonds is 3. The number of hydrogen-bond acceptors (Lipinski definition) is 4. The molecule has 0 unspecified atom stereocenters. The number of amides is 1. The maximum atomic E-state index is 12.0. The summed E-state index contributed by atoms with van der Waals surface area (Å²) in [6.07, 6.45) is 1.52. The Kier molecular flexibility index (Phi) is 4.35. The Labute approximate surface area is 111 Å². The SMILES string of the molecule is NC(=NO)c1ccc(NC(=O)C2CCOCC2)cc1. The zero-order valence-corrected chi connectivity index (χ0v) is 10.5. The van der Waals surface area contributed by atoms with Crippen LogP contribution in [0.2, 0.25) is 0 Å². The molecule has 1 aliphatic heterocycles. The third kappa shape index (κ3) is 3.45. The van der Waals surface area contributed by atoms with E-state index in [2.05, 4.69) is 10.5 Å². The van der Waals surface area contributed by atoms with Crippen LogP contribution in [0, 0.1) is 5.92 Å². The summed E-state index contributed by atoms with van der Waals surface area (Å²) in [6, 6.07) is 6.83. The highest BCUT2D eigenvalue weighted by Crippen LogP contribution is 2.18. The van der Waals surface area contributed by atoms with Crippen LogP contribution in [-0.2, 0) is 9.53 Å². The number of oxime groups is 1. The molecule has 0 saturated carbocycles. The quantitative estimate of drug-likeness (QED) is 0.330. The van der Waals surface area contributed by atoms with Crippen molar-refractivity contribution in [1.82, 2.24) is 0 Å². The van der Waals surface area contributed by atoms with Crippen molar-refractivity contribution in [3.63, 3.8) is 0 Å². The number of nitrogens with zero attached hydrogens (tertiary/aromatic N) is 1. The molecule has 1 fully saturated rings. The average Bonchev–Trinajstić information content (AvgIpc) is 2.48. The number of carbonyl (C=O) groups is 1. The van der Waals surface area contributed by atoms with Crippen molar-refractivity contribution in [2.24, 2.45) is 16.8 Å². The lowest BCUT2D eigenvalue weighted by molar-refractivity contribution is -0.122. The van der Waals surface area contributed by atoms with Crippen molar-refractivity contribution in [2.75, 3.05) is 18.5 Å². The smallest absolute Gasteiger partial charge is 0.227 e. The number of hydrogen-bond donors (Lipinski definition) is 3. The minimum Gasteiger partial charge on any atom is -0.409 e. The van der Waals surface area contributed by atoms with Gasteiger partial charge in [0.1, 0.15) is 0 Å². The lowest BCUT2D eigenvalue weighted by Crippen LogP contribution is -2.28. The van der Waals surface area contributed by atoms with Gasteiger partial charge in [-0.2, -0.15) is 0 Å². The van der Waals surface area contributed by atoms with Gasteiger partial charge in [-0.15, -0.1) is 0 Å². The van der Waals surface area contributed by atoms with Crippen LogP contribution in [0.4, 0.5) is 5.69 Å². The molecule has 1 aromatic rings. The molecule has 1 saturated heterocycles. The molecule has 0 aromatic heterocycles. The Balaban J connectivity index is 1.97. The molecule has 0 spiro atoms. The average molecular weight is 263 g/mol. The fourth-order valence-corrected chi connectivity index (χ4v) is 1.99. The molecule has 102 valence electrons. The molecule has 0 atom stereocenters. The lowest BCUT2D eigenvalue weighted by atomic mass is 9.99. The molecule has 1 aliphatic rings. The van der Waals surface area contributed by atoms with Gasteiger partial charge in [0, 0.05) is 30.4 Å². The van der Waals surface area contributed by atoms with Crippen LogP contribution in [0.1, 0.15) is 18.4 Å². The summed E-state index contributed by atoms with van der Waals surface area (Å²) in [5, 5.41) is 14.3. The van der Waals surface area contributed by atoms with Gasteiger partial charge in [0.2, 0.25) is 5.91 Å². The summed E-state index contributed by atoms with van der Waals surface area (Å²) >= 11 is 0. The van der Waals surface area contributed by atoms with Crippen LogP contribution in [0.15, 0.2) is 29.4 Å². The first kappa shape index (κ1) is 13.4. The molecule has 0 radical (unpaired) electrons. The molecule has 0 aliphatic carbocycles. The molecule has 2 rings (SSSR count).